The lowest BCUT2D eigenvalue weighted by atomic mass is 9.72. The summed E-state index contributed by atoms with van der Waals surface area (Å²) in [5.41, 5.74) is 2.93. The van der Waals surface area contributed by atoms with Crippen LogP contribution in [0.1, 0.15) is 42.7 Å². The fraction of sp³-hybridized carbons (Fsp3) is 0.500. The highest BCUT2D eigenvalue weighted by Crippen LogP contribution is 2.49. The molecule has 0 aromatic heterocycles. The Hall–Kier alpha value is -1.08. The Morgan fingerprint density at radius 3 is 2.94 bits per heavy atom. The molecular weight excluding hydrogens is 208 g/mol. The third-order valence-corrected chi connectivity index (χ3v) is 4.72. The molecule has 0 radical (unpaired) electrons. The van der Waals surface area contributed by atoms with Crippen molar-refractivity contribution in [1.29, 1.82) is 0 Å². The molecule has 1 aromatic rings. The van der Waals surface area contributed by atoms with Crippen molar-refractivity contribution < 1.29 is 4.74 Å². The number of hydrogen-bond acceptors (Lipinski definition) is 1. The molecule has 1 heterocycles. The largest absolute Gasteiger partial charge is 0.370 e. The lowest BCUT2D eigenvalue weighted by Gasteiger charge is -2.29. The molecular formula is C16H18O. The van der Waals surface area contributed by atoms with Crippen molar-refractivity contribution in [2.75, 3.05) is 0 Å². The first kappa shape index (κ1) is 9.90. The Morgan fingerprint density at radius 1 is 1.06 bits per heavy atom. The molecule has 0 bridgehead atoms. The van der Waals surface area contributed by atoms with E-state index < -0.39 is 0 Å². The monoisotopic (exact) mass is 226 g/mol. The van der Waals surface area contributed by atoms with Gasteiger partial charge < -0.3 is 4.74 Å². The smallest absolute Gasteiger partial charge is 0.0835 e. The predicted octanol–water partition coefficient (Wildman–Crippen LogP) is 3.75. The predicted molar refractivity (Wildman–Crippen MR) is 68.8 cm³/mol. The zero-order chi connectivity index (χ0) is 11.2. The molecule has 1 heteroatoms. The van der Waals surface area contributed by atoms with Crippen LogP contribution in [0.15, 0.2) is 30.3 Å². The second-order valence-electron chi connectivity index (χ2n) is 5.60. The van der Waals surface area contributed by atoms with Gasteiger partial charge in [-0.2, -0.15) is 0 Å². The molecule has 2 aliphatic carbocycles. The Kier molecular flexibility index (Phi) is 2.16. The zero-order valence-corrected chi connectivity index (χ0v) is 10.0. The Bertz CT molecular complexity index is 462. The molecule has 88 valence electrons. The quantitative estimate of drug-likeness (QED) is 0.654. The molecule has 0 unspecified atom stereocenters. The van der Waals surface area contributed by atoms with Crippen LogP contribution in [0.25, 0.3) is 6.08 Å². The lowest BCUT2D eigenvalue weighted by molar-refractivity contribution is 0.0381. The van der Waals surface area contributed by atoms with Gasteiger partial charge in [0.15, 0.2) is 0 Å². The van der Waals surface area contributed by atoms with Crippen molar-refractivity contribution in [3.63, 3.8) is 0 Å². The first-order valence-corrected chi connectivity index (χ1v) is 6.86. The Morgan fingerprint density at radius 2 is 1.94 bits per heavy atom. The fourth-order valence-electron chi connectivity index (χ4n) is 3.97. The van der Waals surface area contributed by atoms with Crippen molar-refractivity contribution in [3.8, 4) is 0 Å². The van der Waals surface area contributed by atoms with E-state index >= 15 is 0 Å². The molecule has 2 fully saturated rings. The topological polar surface area (TPSA) is 9.23 Å². The number of rotatable bonds is 0. The van der Waals surface area contributed by atoms with Crippen LogP contribution >= 0.6 is 0 Å². The van der Waals surface area contributed by atoms with Crippen LogP contribution in [-0.4, -0.2) is 12.2 Å². The standard InChI is InChI=1S/C16H18O/c1-2-6-12-11(5-1)9-10-15-16(12)13-7-3-4-8-14(13)17-15/h1-2,5-6,9-10,13-16H,3-4,7-8H2/t13-,14+,15+,16-/m1/s1. The number of ether oxygens (including phenoxy) is 1. The summed E-state index contributed by atoms with van der Waals surface area (Å²) < 4.78 is 6.24. The van der Waals surface area contributed by atoms with E-state index in [1.54, 1.807) is 0 Å². The minimum absolute atomic E-state index is 0.345. The second kappa shape index (κ2) is 3.71. The first-order valence-electron chi connectivity index (χ1n) is 6.86. The molecule has 0 N–H and O–H groups in total. The SMILES string of the molecule is C1=C[C@@H]2O[C@H]3CCCC[C@H]3[C@H]2c2ccccc21. The Balaban J connectivity index is 1.78. The molecule has 1 aromatic carbocycles. The zero-order valence-electron chi connectivity index (χ0n) is 10.0. The highest BCUT2D eigenvalue weighted by atomic mass is 16.5. The minimum atomic E-state index is 0.345. The van der Waals surface area contributed by atoms with E-state index in [-0.39, 0.29) is 0 Å². The van der Waals surface area contributed by atoms with Crippen molar-refractivity contribution >= 4 is 6.08 Å². The third kappa shape index (κ3) is 1.42. The van der Waals surface area contributed by atoms with E-state index in [0.717, 1.165) is 5.92 Å². The third-order valence-electron chi connectivity index (χ3n) is 4.72. The summed E-state index contributed by atoms with van der Waals surface area (Å²) in [5, 5.41) is 0. The van der Waals surface area contributed by atoms with Gasteiger partial charge in [0.1, 0.15) is 0 Å². The lowest BCUT2D eigenvalue weighted by Crippen LogP contribution is -2.24. The van der Waals surface area contributed by atoms with Crippen LogP contribution in [0.5, 0.6) is 0 Å². The van der Waals surface area contributed by atoms with Gasteiger partial charge in [0.25, 0.3) is 0 Å². The van der Waals surface area contributed by atoms with E-state index in [4.69, 9.17) is 4.74 Å². The molecule has 1 nitrogen and oxygen atoms in total. The van der Waals surface area contributed by atoms with Gasteiger partial charge in [-0.1, -0.05) is 49.3 Å². The van der Waals surface area contributed by atoms with E-state index in [1.165, 1.54) is 36.8 Å². The molecule has 0 spiro atoms. The maximum Gasteiger partial charge on any atom is 0.0835 e. The van der Waals surface area contributed by atoms with Gasteiger partial charge in [0.2, 0.25) is 0 Å². The molecule has 4 atom stereocenters. The molecule has 3 aliphatic rings. The van der Waals surface area contributed by atoms with E-state index in [1.807, 2.05) is 0 Å². The van der Waals surface area contributed by atoms with E-state index in [2.05, 4.69) is 36.4 Å². The average Bonchev–Trinajstić information content (AvgIpc) is 2.77. The number of hydrogen-bond donors (Lipinski definition) is 0. The highest BCUT2D eigenvalue weighted by Gasteiger charge is 2.46. The molecule has 0 amide bonds. The summed E-state index contributed by atoms with van der Waals surface area (Å²) >= 11 is 0. The summed E-state index contributed by atoms with van der Waals surface area (Å²) in [4.78, 5) is 0. The normalized spacial score (nSPS) is 38.4. The fourth-order valence-corrected chi connectivity index (χ4v) is 3.97. The molecule has 1 aliphatic heterocycles. The summed E-state index contributed by atoms with van der Waals surface area (Å²) in [6.07, 6.45) is 10.8. The van der Waals surface area contributed by atoms with Gasteiger partial charge >= 0.3 is 0 Å². The van der Waals surface area contributed by atoms with E-state index in [9.17, 15) is 0 Å². The van der Waals surface area contributed by atoms with Crippen molar-refractivity contribution in [2.24, 2.45) is 5.92 Å². The van der Waals surface area contributed by atoms with Gasteiger partial charge in [-0.05, 0) is 29.9 Å². The molecule has 1 saturated heterocycles. The number of benzene rings is 1. The van der Waals surface area contributed by atoms with Gasteiger partial charge in [-0.15, -0.1) is 0 Å². The molecule has 17 heavy (non-hydrogen) atoms. The van der Waals surface area contributed by atoms with Gasteiger partial charge in [-0.3, -0.25) is 0 Å². The summed E-state index contributed by atoms with van der Waals surface area (Å²) in [6.45, 7) is 0. The van der Waals surface area contributed by atoms with Gasteiger partial charge in [-0.25, -0.2) is 0 Å². The molecule has 4 rings (SSSR count). The van der Waals surface area contributed by atoms with Crippen LogP contribution in [-0.2, 0) is 4.74 Å². The Labute approximate surface area is 102 Å². The van der Waals surface area contributed by atoms with Gasteiger partial charge in [0.05, 0.1) is 12.2 Å². The van der Waals surface area contributed by atoms with Crippen molar-refractivity contribution in [1.82, 2.24) is 0 Å². The van der Waals surface area contributed by atoms with Crippen LogP contribution in [0.2, 0.25) is 0 Å². The summed E-state index contributed by atoms with van der Waals surface area (Å²) in [6, 6.07) is 8.85. The van der Waals surface area contributed by atoms with Crippen LogP contribution in [0.3, 0.4) is 0 Å². The van der Waals surface area contributed by atoms with Crippen LogP contribution in [0, 0.1) is 5.92 Å². The number of fused-ring (bicyclic) bond motifs is 5. The summed E-state index contributed by atoms with van der Waals surface area (Å²) in [5.74, 6) is 1.39. The minimum Gasteiger partial charge on any atom is -0.370 e. The summed E-state index contributed by atoms with van der Waals surface area (Å²) in [7, 11) is 0. The van der Waals surface area contributed by atoms with Crippen molar-refractivity contribution in [3.05, 3.63) is 41.5 Å². The van der Waals surface area contributed by atoms with E-state index in [0.29, 0.717) is 18.1 Å². The first-order chi connectivity index (χ1) is 8.43. The van der Waals surface area contributed by atoms with Crippen molar-refractivity contribution in [2.45, 2.75) is 43.8 Å². The van der Waals surface area contributed by atoms with Gasteiger partial charge in [0, 0.05) is 5.92 Å². The maximum atomic E-state index is 6.24. The maximum absolute atomic E-state index is 6.24. The average molecular weight is 226 g/mol. The second-order valence-corrected chi connectivity index (χ2v) is 5.60. The molecule has 1 saturated carbocycles. The van der Waals surface area contributed by atoms with Crippen LogP contribution < -0.4 is 0 Å². The highest BCUT2D eigenvalue weighted by molar-refractivity contribution is 5.59. The van der Waals surface area contributed by atoms with Crippen LogP contribution in [0.4, 0.5) is 0 Å².